The number of methoxy groups -OCH3 is 1. The van der Waals surface area contributed by atoms with E-state index in [0.29, 0.717) is 0 Å². The minimum absolute atomic E-state index is 0.0202. The van der Waals surface area contributed by atoms with Gasteiger partial charge >= 0.3 is 0 Å². The highest BCUT2D eigenvalue weighted by molar-refractivity contribution is 5.16. The first-order valence-corrected chi connectivity index (χ1v) is 5.53. The molecule has 1 aromatic rings. The van der Waals surface area contributed by atoms with Gasteiger partial charge in [0.05, 0.1) is 18.3 Å². The lowest BCUT2D eigenvalue weighted by atomic mass is 10.00. The van der Waals surface area contributed by atoms with Crippen LogP contribution in [0.3, 0.4) is 0 Å². The van der Waals surface area contributed by atoms with Crippen molar-refractivity contribution >= 4 is 0 Å². The molecule has 0 saturated carbocycles. The summed E-state index contributed by atoms with van der Waals surface area (Å²) in [5.74, 6) is -0.316. The highest BCUT2D eigenvalue weighted by Gasteiger charge is 2.21. The van der Waals surface area contributed by atoms with Crippen LogP contribution in [0.1, 0.15) is 31.4 Å². The van der Waals surface area contributed by atoms with E-state index in [0.717, 1.165) is 18.4 Å². The Labute approximate surface area is 96.0 Å². The number of likely N-dealkylation sites (N-methyl/N-ethyl adjacent to an activating group) is 1. The maximum absolute atomic E-state index is 13.1. The highest BCUT2D eigenvalue weighted by atomic mass is 19.1. The summed E-state index contributed by atoms with van der Waals surface area (Å²) in [7, 11) is 3.52. The fraction of sp³-hybridized carbons (Fsp3) is 0.583. The fourth-order valence-corrected chi connectivity index (χ4v) is 1.87. The third kappa shape index (κ3) is 3.25. The van der Waals surface area contributed by atoms with Gasteiger partial charge in [0.1, 0.15) is 5.82 Å². The molecule has 0 aliphatic heterocycles. The van der Waals surface area contributed by atoms with E-state index >= 15 is 0 Å². The summed E-state index contributed by atoms with van der Waals surface area (Å²) in [4.78, 5) is 3.86. The number of hydrogen-bond donors (Lipinski definition) is 1. The third-order valence-electron chi connectivity index (χ3n) is 2.64. The van der Waals surface area contributed by atoms with E-state index in [1.165, 1.54) is 12.3 Å². The van der Waals surface area contributed by atoms with Crippen LogP contribution in [0.2, 0.25) is 0 Å². The Bertz CT molecular complexity index is 320. The van der Waals surface area contributed by atoms with Crippen molar-refractivity contribution in [1.29, 1.82) is 0 Å². The molecule has 1 rings (SSSR count). The number of aromatic nitrogens is 1. The van der Waals surface area contributed by atoms with Gasteiger partial charge in [-0.25, -0.2) is 4.39 Å². The van der Waals surface area contributed by atoms with Gasteiger partial charge < -0.3 is 10.1 Å². The number of nitrogens with one attached hydrogen (secondary N) is 1. The SMILES string of the molecule is CCCC(OC)C(NC)c1cncc(F)c1. The zero-order chi connectivity index (χ0) is 12.0. The molecule has 0 aliphatic rings. The number of rotatable bonds is 6. The lowest BCUT2D eigenvalue weighted by Gasteiger charge is -2.25. The molecule has 1 aromatic heterocycles. The largest absolute Gasteiger partial charge is 0.379 e. The molecule has 4 heteroatoms. The maximum atomic E-state index is 13.1. The Kier molecular flexibility index (Phi) is 5.35. The van der Waals surface area contributed by atoms with E-state index in [9.17, 15) is 4.39 Å². The van der Waals surface area contributed by atoms with Crippen molar-refractivity contribution in [2.75, 3.05) is 14.2 Å². The molecule has 3 nitrogen and oxygen atoms in total. The molecular formula is C12H19FN2O. The smallest absolute Gasteiger partial charge is 0.141 e. The average molecular weight is 226 g/mol. The Morgan fingerprint density at radius 2 is 2.25 bits per heavy atom. The number of halogens is 1. The summed E-state index contributed by atoms with van der Waals surface area (Å²) < 4.78 is 18.5. The zero-order valence-corrected chi connectivity index (χ0v) is 10.0. The van der Waals surface area contributed by atoms with Crippen LogP contribution >= 0.6 is 0 Å². The van der Waals surface area contributed by atoms with E-state index in [1.807, 2.05) is 7.05 Å². The van der Waals surface area contributed by atoms with Gasteiger partial charge in [0.25, 0.3) is 0 Å². The minimum atomic E-state index is -0.316. The van der Waals surface area contributed by atoms with Gasteiger partial charge in [0.2, 0.25) is 0 Å². The molecule has 0 bridgehead atoms. The molecule has 0 spiro atoms. The van der Waals surface area contributed by atoms with Crippen LogP contribution in [-0.4, -0.2) is 25.2 Å². The lowest BCUT2D eigenvalue weighted by Crippen LogP contribution is -2.31. The van der Waals surface area contributed by atoms with E-state index in [-0.39, 0.29) is 18.0 Å². The summed E-state index contributed by atoms with van der Waals surface area (Å²) >= 11 is 0. The Hall–Kier alpha value is -1.00. The summed E-state index contributed by atoms with van der Waals surface area (Å²) in [6.07, 6.45) is 4.88. The van der Waals surface area contributed by atoms with E-state index in [4.69, 9.17) is 4.74 Å². The van der Waals surface area contributed by atoms with Gasteiger partial charge in [-0.15, -0.1) is 0 Å². The summed E-state index contributed by atoms with van der Waals surface area (Å²) in [6.45, 7) is 2.10. The van der Waals surface area contributed by atoms with Crippen LogP contribution in [0.25, 0.3) is 0 Å². The first kappa shape index (κ1) is 13.1. The minimum Gasteiger partial charge on any atom is -0.379 e. The van der Waals surface area contributed by atoms with Crippen molar-refractivity contribution in [1.82, 2.24) is 10.3 Å². The molecule has 0 amide bonds. The molecule has 0 fully saturated rings. The van der Waals surface area contributed by atoms with Crippen molar-refractivity contribution in [3.63, 3.8) is 0 Å². The second kappa shape index (κ2) is 6.55. The first-order valence-electron chi connectivity index (χ1n) is 5.53. The summed E-state index contributed by atoms with van der Waals surface area (Å²) in [5.41, 5.74) is 0.822. The second-order valence-corrected chi connectivity index (χ2v) is 3.77. The van der Waals surface area contributed by atoms with Crippen molar-refractivity contribution in [2.24, 2.45) is 0 Å². The number of hydrogen-bond acceptors (Lipinski definition) is 3. The highest BCUT2D eigenvalue weighted by Crippen LogP contribution is 2.21. The Morgan fingerprint density at radius 3 is 2.75 bits per heavy atom. The van der Waals surface area contributed by atoms with Crippen molar-refractivity contribution < 1.29 is 9.13 Å². The molecule has 16 heavy (non-hydrogen) atoms. The first-order chi connectivity index (χ1) is 7.72. The second-order valence-electron chi connectivity index (χ2n) is 3.77. The average Bonchev–Trinajstić information content (AvgIpc) is 2.29. The lowest BCUT2D eigenvalue weighted by molar-refractivity contribution is 0.0628. The van der Waals surface area contributed by atoms with Crippen LogP contribution in [0, 0.1) is 5.82 Å². The number of nitrogens with zero attached hydrogens (tertiary/aromatic N) is 1. The normalized spacial score (nSPS) is 14.8. The summed E-state index contributed by atoms with van der Waals surface area (Å²) in [5, 5.41) is 3.15. The van der Waals surface area contributed by atoms with Gasteiger partial charge in [-0.05, 0) is 25.1 Å². The van der Waals surface area contributed by atoms with Crippen molar-refractivity contribution in [3.05, 3.63) is 29.8 Å². The van der Waals surface area contributed by atoms with Crippen molar-refractivity contribution in [3.8, 4) is 0 Å². The van der Waals surface area contributed by atoms with Gasteiger partial charge in [0, 0.05) is 13.3 Å². The van der Waals surface area contributed by atoms with Gasteiger partial charge in [-0.3, -0.25) is 4.98 Å². The van der Waals surface area contributed by atoms with Crippen molar-refractivity contribution in [2.45, 2.75) is 31.9 Å². The summed E-state index contributed by atoms with van der Waals surface area (Å²) in [6, 6.07) is 1.48. The standard InChI is InChI=1S/C12H19FN2O/c1-4-5-11(16-3)12(14-2)9-6-10(13)8-15-7-9/h6-8,11-12,14H,4-5H2,1-3H3. The van der Waals surface area contributed by atoms with E-state index < -0.39 is 0 Å². The van der Waals surface area contributed by atoms with Gasteiger partial charge in [-0.1, -0.05) is 13.3 Å². The fourth-order valence-electron chi connectivity index (χ4n) is 1.87. The molecule has 2 unspecified atom stereocenters. The van der Waals surface area contributed by atoms with E-state index in [1.54, 1.807) is 13.3 Å². The molecule has 0 saturated heterocycles. The molecule has 90 valence electrons. The molecular weight excluding hydrogens is 207 g/mol. The predicted octanol–water partition coefficient (Wildman–Crippen LogP) is 2.30. The van der Waals surface area contributed by atoms with Crippen LogP contribution in [0.4, 0.5) is 4.39 Å². The van der Waals surface area contributed by atoms with Gasteiger partial charge in [0.15, 0.2) is 0 Å². The Balaban J connectivity index is 2.87. The molecule has 0 aliphatic carbocycles. The Morgan fingerprint density at radius 1 is 1.50 bits per heavy atom. The maximum Gasteiger partial charge on any atom is 0.141 e. The molecule has 2 atom stereocenters. The quantitative estimate of drug-likeness (QED) is 0.808. The molecule has 0 aromatic carbocycles. The molecule has 1 N–H and O–H groups in total. The van der Waals surface area contributed by atoms with Crippen LogP contribution in [0.15, 0.2) is 18.5 Å². The molecule has 1 heterocycles. The third-order valence-corrected chi connectivity index (χ3v) is 2.64. The van der Waals surface area contributed by atoms with Crippen LogP contribution in [0.5, 0.6) is 0 Å². The van der Waals surface area contributed by atoms with Gasteiger partial charge in [-0.2, -0.15) is 0 Å². The van der Waals surface area contributed by atoms with Crippen LogP contribution in [-0.2, 0) is 4.74 Å². The monoisotopic (exact) mass is 226 g/mol. The van der Waals surface area contributed by atoms with Crippen LogP contribution < -0.4 is 5.32 Å². The zero-order valence-electron chi connectivity index (χ0n) is 10.0. The number of ether oxygens (including phenoxy) is 1. The predicted molar refractivity (Wildman–Crippen MR) is 61.7 cm³/mol. The topological polar surface area (TPSA) is 34.1 Å². The van der Waals surface area contributed by atoms with E-state index in [2.05, 4.69) is 17.2 Å². The number of pyridine rings is 1. The molecule has 0 radical (unpaired) electrons.